The number of benzene rings is 1. The monoisotopic (exact) mass is 310 g/mol. The molecule has 0 bridgehead atoms. The van der Waals surface area contributed by atoms with Crippen LogP contribution >= 0.6 is 0 Å². The van der Waals surface area contributed by atoms with Gasteiger partial charge < -0.3 is 0 Å². The van der Waals surface area contributed by atoms with E-state index >= 15 is 0 Å². The molecule has 5 nitrogen and oxygen atoms in total. The highest BCUT2D eigenvalue weighted by Crippen LogP contribution is 2.22. The van der Waals surface area contributed by atoms with E-state index in [0.29, 0.717) is 12.1 Å². The topological polar surface area (TPSA) is 63.6 Å². The highest BCUT2D eigenvalue weighted by Gasteiger charge is 2.08. The normalized spacial score (nSPS) is 11.2. The Morgan fingerprint density at radius 1 is 1.30 bits per heavy atom. The molecule has 1 aromatic carbocycles. The van der Waals surface area contributed by atoms with Crippen molar-refractivity contribution in [2.75, 3.05) is 0 Å². The molecule has 0 aliphatic heterocycles. The molecule has 0 atom stereocenters. The van der Waals surface area contributed by atoms with Crippen LogP contribution in [-0.2, 0) is 6.54 Å². The largest absolute Gasteiger partial charge is 0.289 e. The van der Waals surface area contributed by atoms with Gasteiger partial charge >= 0.3 is 0 Å². The van der Waals surface area contributed by atoms with Crippen LogP contribution < -0.4 is 0 Å². The minimum absolute atomic E-state index is 0.129. The number of hydrogen-bond donors (Lipinski definition) is 1. The van der Waals surface area contributed by atoms with Gasteiger partial charge in [0.1, 0.15) is 5.82 Å². The Kier molecular flexibility index (Phi) is 4.14. The Hall–Kier alpha value is -3.02. The van der Waals surface area contributed by atoms with Crippen molar-refractivity contribution in [1.82, 2.24) is 20.0 Å². The molecule has 0 saturated heterocycles. The summed E-state index contributed by atoms with van der Waals surface area (Å²) < 4.78 is 14.7. The lowest BCUT2D eigenvalue weighted by atomic mass is 10.1. The third-order valence-electron chi connectivity index (χ3n) is 3.46. The Morgan fingerprint density at radius 3 is 2.78 bits per heavy atom. The zero-order chi connectivity index (χ0) is 16.2. The van der Waals surface area contributed by atoms with Gasteiger partial charge in [-0.1, -0.05) is 0 Å². The summed E-state index contributed by atoms with van der Waals surface area (Å²) in [5.74, 6) is -0.426. The number of rotatable bonds is 5. The van der Waals surface area contributed by atoms with Crippen molar-refractivity contribution in [3.63, 3.8) is 0 Å². The van der Waals surface area contributed by atoms with E-state index in [1.165, 1.54) is 18.2 Å². The molecule has 2 heterocycles. The quantitative estimate of drug-likeness (QED) is 0.581. The summed E-state index contributed by atoms with van der Waals surface area (Å²) in [5, 5.41) is 10.9. The first-order chi connectivity index (χ1) is 11.2. The van der Waals surface area contributed by atoms with Crippen molar-refractivity contribution in [2.45, 2.75) is 13.5 Å². The number of nitrogens with zero attached hydrogens (tertiary/aromatic N) is 3. The number of ketones is 1. The molecule has 0 amide bonds. The van der Waals surface area contributed by atoms with Crippen molar-refractivity contribution in [2.24, 2.45) is 0 Å². The van der Waals surface area contributed by atoms with Gasteiger partial charge in [-0.05, 0) is 43.3 Å². The predicted molar refractivity (Wildman–Crippen MR) is 85.2 cm³/mol. The number of hydrogen-bond acceptors (Lipinski definition) is 3. The van der Waals surface area contributed by atoms with Crippen LogP contribution in [0.3, 0.4) is 0 Å². The van der Waals surface area contributed by atoms with Gasteiger partial charge in [-0.3, -0.25) is 14.6 Å². The molecule has 0 fully saturated rings. The molecule has 0 aliphatic rings. The molecule has 116 valence electrons. The number of carbonyl (C=O) groups excluding carboxylic acids is 1. The molecule has 6 heteroatoms. The van der Waals surface area contributed by atoms with E-state index in [9.17, 15) is 9.18 Å². The van der Waals surface area contributed by atoms with E-state index in [4.69, 9.17) is 0 Å². The van der Waals surface area contributed by atoms with Gasteiger partial charge in [0.05, 0.1) is 23.7 Å². The number of allylic oxidation sites excluding steroid dienone is 1. The van der Waals surface area contributed by atoms with Crippen LogP contribution in [0.2, 0.25) is 0 Å². The Bertz CT molecular complexity index is 846. The maximum Gasteiger partial charge on any atom is 0.189 e. The molecular formula is C17H15FN4O. The van der Waals surface area contributed by atoms with Crippen LogP contribution in [0, 0.1) is 5.82 Å². The first-order valence-corrected chi connectivity index (χ1v) is 7.21. The number of carbonyl (C=O) groups is 1. The van der Waals surface area contributed by atoms with Crippen molar-refractivity contribution in [1.29, 1.82) is 0 Å². The lowest BCUT2D eigenvalue weighted by Gasteiger charge is -1.99. The maximum atomic E-state index is 13.0. The molecular weight excluding hydrogens is 295 g/mol. The number of aromatic nitrogens is 4. The molecule has 1 N–H and O–H groups in total. The summed E-state index contributed by atoms with van der Waals surface area (Å²) in [6, 6.07) is 6.09. The van der Waals surface area contributed by atoms with Crippen molar-refractivity contribution >= 4 is 11.9 Å². The van der Waals surface area contributed by atoms with E-state index in [1.54, 1.807) is 41.5 Å². The molecule has 3 aromatic rings. The second-order valence-electron chi connectivity index (χ2n) is 4.99. The minimum atomic E-state index is -0.298. The van der Waals surface area contributed by atoms with Crippen molar-refractivity contribution < 1.29 is 9.18 Å². The molecule has 0 unspecified atom stereocenters. The minimum Gasteiger partial charge on any atom is -0.289 e. The van der Waals surface area contributed by atoms with E-state index in [1.807, 2.05) is 6.92 Å². The summed E-state index contributed by atoms with van der Waals surface area (Å²) in [6.07, 6.45) is 8.05. The first kappa shape index (κ1) is 14.9. The lowest BCUT2D eigenvalue weighted by molar-refractivity contribution is 0.104. The number of H-pyrrole nitrogens is 1. The average Bonchev–Trinajstić information content (AvgIpc) is 3.22. The third-order valence-corrected chi connectivity index (χ3v) is 3.46. The van der Waals surface area contributed by atoms with Crippen LogP contribution in [-0.4, -0.2) is 25.8 Å². The molecule has 23 heavy (non-hydrogen) atoms. The van der Waals surface area contributed by atoms with Crippen molar-refractivity contribution in [3.8, 4) is 11.3 Å². The average molecular weight is 310 g/mol. The van der Waals surface area contributed by atoms with E-state index in [-0.39, 0.29) is 11.6 Å². The zero-order valence-corrected chi connectivity index (χ0v) is 12.5. The van der Waals surface area contributed by atoms with E-state index in [2.05, 4.69) is 15.3 Å². The van der Waals surface area contributed by atoms with Crippen LogP contribution in [0.5, 0.6) is 0 Å². The van der Waals surface area contributed by atoms with Gasteiger partial charge in [-0.25, -0.2) is 4.39 Å². The lowest BCUT2D eigenvalue weighted by Crippen LogP contribution is -1.94. The molecule has 0 saturated carbocycles. The van der Waals surface area contributed by atoms with Gasteiger partial charge in [0.25, 0.3) is 0 Å². The number of nitrogens with one attached hydrogen (secondary N) is 1. The number of aryl methyl sites for hydroxylation is 1. The van der Waals surface area contributed by atoms with Gasteiger partial charge in [0, 0.05) is 23.9 Å². The van der Waals surface area contributed by atoms with E-state index in [0.717, 1.165) is 16.8 Å². The van der Waals surface area contributed by atoms with Gasteiger partial charge in [-0.15, -0.1) is 0 Å². The van der Waals surface area contributed by atoms with Gasteiger partial charge in [0.15, 0.2) is 5.78 Å². The first-order valence-electron chi connectivity index (χ1n) is 7.21. The second-order valence-corrected chi connectivity index (χ2v) is 4.99. The fourth-order valence-corrected chi connectivity index (χ4v) is 2.20. The fraction of sp³-hybridized carbons (Fsp3) is 0.118. The summed E-state index contributed by atoms with van der Waals surface area (Å²) in [6.45, 7) is 2.67. The molecule has 0 spiro atoms. The van der Waals surface area contributed by atoms with Crippen LogP contribution in [0.15, 0.2) is 48.9 Å². The Balaban J connectivity index is 1.82. The Labute approximate surface area is 132 Å². The standard InChI is InChI=1S/C17H15FN4O/c1-2-22-11-14(10-20-22)16(23)8-5-13-9-19-21-17(13)12-3-6-15(18)7-4-12/h3-11H,2H2,1H3,(H,19,21)/b8-5-. The molecule has 0 aliphatic carbocycles. The summed E-state index contributed by atoms with van der Waals surface area (Å²) in [7, 11) is 0. The van der Waals surface area contributed by atoms with Gasteiger partial charge in [0.2, 0.25) is 0 Å². The summed E-state index contributed by atoms with van der Waals surface area (Å²) in [5.41, 5.74) is 2.83. The Morgan fingerprint density at radius 2 is 2.09 bits per heavy atom. The molecule has 3 rings (SSSR count). The summed E-state index contributed by atoms with van der Waals surface area (Å²) in [4.78, 5) is 12.1. The molecule has 0 radical (unpaired) electrons. The third kappa shape index (κ3) is 3.26. The second kappa shape index (κ2) is 6.39. The van der Waals surface area contributed by atoms with Gasteiger partial charge in [-0.2, -0.15) is 10.2 Å². The SMILES string of the molecule is CCn1cc(C(=O)/C=C\c2cn[nH]c2-c2ccc(F)cc2)cn1. The van der Waals surface area contributed by atoms with Crippen LogP contribution in [0.4, 0.5) is 4.39 Å². The van der Waals surface area contributed by atoms with Crippen LogP contribution in [0.1, 0.15) is 22.8 Å². The number of halogens is 1. The fourth-order valence-electron chi connectivity index (χ4n) is 2.20. The maximum absolute atomic E-state index is 13.0. The van der Waals surface area contributed by atoms with Crippen LogP contribution in [0.25, 0.3) is 17.3 Å². The predicted octanol–water partition coefficient (Wildman–Crippen LogP) is 3.33. The van der Waals surface area contributed by atoms with Crippen molar-refractivity contribution in [3.05, 3.63) is 65.9 Å². The smallest absolute Gasteiger partial charge is 0.189 e. The van der Waals surface area contributed by atoms with E-state index < -0.39 is 0 Å². The zero-order valence-electron chi connectivity index (χ0n) is 12.5. The highest BCUT2D eigenvalue weighted by molar-refractivity contribution is 6.06. The summed E-state index contributed by atoms with van der Waals surface area (Å²) >= 11 is 0. The highest BCUT2D eigenvalue weighted by atomic mass is 19.1. The molecule has 2 aromatic heterocycles. The number of aromatic amines is 1.